The van der Waals surface area contributed by atoms with Crippen LogP contribution in [0.1, 0.15) is 66.9 Å². The van der Waals surface area contributed by atoms with Gasteiger partial charge in [0, 0.05) is 18.7 Å². The van der Waals surface area contributed by atoms with Gasteiger partial charge < -0.3 is 19.3 Å². The van der Waals surface area contributed by atoms with E-state index >= 15 is 0 Å². The van der Waals surface area contributed by atoms with Gasteiger partial charge in [-0.3, -0.25) is 4.79 Å². The lowest BCUT2D eigenvalue weighted by Gasteiger charge is -2.35. The zero-order valence-corrected chi connectivity index (χ0v) is 16.6. The lowest BCUT2D eigenvalue weighted by Crippen LogP contribution is -2.45. The number of aryl methyl sites for hydroxylation is 2. The molecule has 0 spiro atoms. The number of benzene rings is 1. The number of fused-ring (bicyclic) bond motifs is 1. The quantitative estimate of drug-likeness (QED) is 0.848. The van der Waals surface area contributed by atoms with Crippen molar-refractivity contribution in [2.45, 2.75) is 70.6 Å². The summed E-state index contributed by atoms with van der Waals surface area (Å²) >= 11 is 0. The van der Waals surface area contributed by atoms with Crippen molar-refractivity contribution in [3.05, 3.63) is 46.8 Å². The first-order valence-corrected chi connectivity index (χ1v) is 10.1. The largest absolute Gasteiger partial charge is 0.486 e. The maximum Gasteiger partial charge on any atom is 0.273 e. The monoisotopic (exact) mass is 384 g/mol. The summed E-state index contributed by atoms with van der Waals surface area (Å²) in [5, 5.41) is 6.93. The first-order chi connectivity index (χ1) is 13.5. The molecule has 1 aromatic carbocycles. The number of amides is 1. The van der Waals surface area contributed by atoms with Gasteiger partial charge in [-0.2, -0.15) is 0 Å². The van der Waals surface area contributed by atoms with Crippen molar-refractivity contribution >= 4 is 5.91 Å². The normalized spacial score (nSPS) is 21.0. The van der Waals surface area contributed by atoms with Crippen LogP contribution in [0.4, 0.5) is 0 Å². The van der Waals surface area contributed by atoms with E-state index in [2.05, 4.69) is 22.6 Å². The Bertz CT molecular complexity index is 843. The molecule has 1 N–H and O–H groups in total. The standard InChI is InChI=1S/C22H28N2O4/c1-22(2)13-17(9-10-27-22)23-21(25)20-12-19(28-24-20)14-26-18-8-7-15-5-3-4-6-16(15)11-18/h7-8,11-12,17H,3-6,9-10,13-14H2,1-2H3,(H,23,25)/t17-/m1/s1. The Morgan fingerprint density at radius 3 is 2.89 bits per heavy atom. The van der Waals surface area contributed by atoms with Gasteiger partial charge >= 0.3 is 0 Å². The van der Waals surface area contributed by atoms with Gasteiger partial charge in [-0.1, -0.05) is 11.2 Å². The molecule has 1 amide bonds. The van der Waals surface area contributed by atoms with Gasteiger partial charge in [0.2, 0.25) is 0 Å². The predicted octanol–water partition coefficient (Wildman–Crippen LogP) is 3.82. The van der Waals surface area contributed by atoms with Crippen molar-refractivity contribution < 1.29 is 18.8 Å². The van der Waals surface area contributed by atoms with E-state index in [0.29, 0.717) is 12.4 Å². The van der Waals surface area contributed by atoms with E-state index < -0.39 is 0 Å². The van der Waals surface area contributed by atoms with E-state index in [0.717, 1.165) is 31.4 Å². The van der Waals surface area contributed by atoms with Crippen molar-refractivity contribution in [1.82, 2.24) is 10.5 Å². The average molecular weight is 384 g/mol. The molecule has 2 aliphatic rings. The van der Waals surface area contributed by atoms with Crippen LogP contribution in [0.2, 0.25) is 0 Å². The van der Waals surface area contributed by atoms with E-state index in [1.54, 1.807) is 6.07 Å². The topological polar surface area (TPSA) is 73.6 Å². The molecule has 1 saturated heterocycles. The first kappa shape index (κ1) is 19.0. The second-order valence-corrected chi connectivity index (χ2v) is 8.38. The summed E-state index contributed by atoms with van der Waals surface area (Å²) in [6.07, 6.45) is 6.36. The fourth-order valence-electron chi connectivity index (χ4n) is 4.06. The minimum absolute atomic E-state index is 0.0862. The van der Waals surface area contributed by atoms with Crippen LogP contribution >= 0.6 is 0 Å². The van der Waals surface area contributed by atoms with Crippen LogP contribution in [0.25, 0.3) is 0 Å². The third-order valence-corrected chi connectivity index (χ3v) is 5.52. The van der Waals surface area contributed by atoms with Crippen LogP contribution in [-0.2, 0) is 24.2 Å². The van der Waals surface area contributed by atoms with Gasteiger partial charge in [-0.25, -0.2) is 0 Å². The molecule has 2 heterocycles. The van der Waals surface area contributed by atoms with E-state index in [4.69, 9.17) is 14.0 Å². The van der Waals surface area contributed by atoms with Crippen molar-refractivity contribution in [2.75, 3.05) is 6.61 Å². The molecule has 150 valence electrons. The molecule has 0 radical (unpaired) electrons. The summed E-state index contributed by atoms with van der Waals surface area (Å²) in [5.74, 6) is 1.15. The Morgan fingerprint density at radius 2 is 2.07 bits per heavy atom. The van der Waals surface area contributed by atoms with E-state index in [-0.39, 0.29) is 29.9 Å². The number of nitrogens with one attached hydrogen (secondary N) is 1. The van der Waals surface area contributed by atoms with Crippen LogP contribution < -0.4 is 10.1 Å². The maximum atomic E-state index is 12.5. The molecule has 1 fully saturated rings. The molecular formula is C22H28N2O4. The highest BCUT2D eigenvalue weighted by Gasteiger charge is 2.30. The summed E-state index contributed by atoms with van der Waals surface area (Å²) in [7, 11) is 0. The molecule has 0 bridgehead atoms. The predicted molar refractivity (Wildman–Crippen MR) is 104 cm³/mol. The van der Waals surface area contributed by atoms with E-state index in [1.165, 1.54) is 24.0 Å². The third-order valence-electron chi connectivity index (χ3n) is 5.52. The zero-order valence-electron chi connectivity index (χ0n) is 16.6. The fourth-order valence-corrected chi connectivity index (χ4v) is 4.06. The zero-order chi connectivity index (χ0) is 19.6. The molecule has 2 aromatic rings. The van der Waals surface area contributed by atoms with E-state index in [1.807, 2.05) is 19.9 Å². The van der Waals surface area contributed by atoms with Gasteiger partial charge in [0.1, 0.15) is 12.4 Å². The summed E-state index contributed by atoms with van der Waals surface area (Å²) in [6.45, 7) is 4.98. The summed E-state index contributed by atoms with van der Waals surface area (Å²) in [4.78, 5) is 12.5. The minimum Gasteiger partial charge on any atom is -0.486 e. The number of carbonyl (C=O) groups is 1. The molecule has 1 atom stereocenters. The molecule has 1 aliphatic heterocycles. The number of hydrogen-bond donors (Lipinski definition) is 1. The number of ether oxygens (including phenoxy) is 2. The summed E-state index contributed by atoms with van der Waals surface area (Å²) < 4.78 is 16.8. The SMILES string of the molecule is CC1(C)C[C@H](NC(=O)c2cc(COc3ccc4c(c3)CCCC4)on2)CCO1. The number of nitrogens with zero attached hydrogens (tertiary/aromatic N) is 1. The molecule has 0 unspecified atom stereocenters. The van der Waals surface area contributed by atoms with Crippen LogP contribution in [0.15, 0.2) is 28.8 Å². The van der Waals surface area contributed by atoms with Gasteiger partial charge in [-0.15, -0.1) is 0 Å². The van der Waals surface area contributed by atoms with Crippen LogP contribution in [-0.4, -0.2) is 29.3 Å². The fraction of sp³-hybridized carbons (Fsp3) is 0.545. The molecular weight excluding hydrogens is 356 g/mol. The van der Waals surface area contributed by atoms with Gasteiger partial charge in [-0.05, 0) is 75.6 Å². The number of carbonyl (C=O) groups excluding carboxylic acids is 1. The molecule has 6 nitrogen and oxygen atoms in total. The maximum absolute atomic E-state index is 12.5. The average Bonchev–Trinajstić information content (AvgIpc) is 3.15. The van der Waals surface area contributed by atoms with Crippen molar-refractivity contribution in [3.8, 4) is 5.75 Å². The Kier molecular flexibility index (Phi) is 5.40. The number of rotatable bonds is 5. The Hall–Kier alpha value is -2.34. The van der Waals surface area contributed by atoms with Crippen molar-refractivity contribution in [3.63, 3.8) is 0 Å². The second kappa shape index (κ2) is 7.95. The van der Waals surface area contributed by atoms with E-state index in [9.17, 15) is 4.79 Å². The van der Waals surface area contributed by atoms with Crippen molar-refractivity contribution in [2.24, 2.45) is 0 Å². The third kappa shape index (κ3) is 4.55. The van der Waals surface area contributed by atoms with Crippen molar-refractivity contribution in [1.29, 1.82) is 0 Å². The molecule has 28 heavy (non-hydrogen) atoms. The first-order valence-electron chi connectivity index (χ1n) is 10.1. The Morgan fingerprint density at radius 1 is 1.25 bits per heavy atom. The highest BCUT2D eigenvalue weighted by atomic mass is 16.5. The van der Waals surface area contributed by atoms with Crippen LogP contribution in [0.5, 0.6) is 5.75 Å². The summed E-state index contributed by atoms with van der Waals surface area (Å²) in [5.41, 5.74) is 2.87. The molecule has 1 aliphatic carbocycles. The van der Waals surface area contributed by atoms with Gasteiger partial charge in [0.15, 0.2) is 11.5 Å². The minimum atomic E-state index is -0.216. The van der Waals surface area contributed by atoms with Crippen LogP contribution in [0.3, 0.4) is 0 Å². The van der Waals surface area contributed by atoms with Crippen LogP contribution in [0, 0.1) is 0 Å². The highest BCUT2D eigenvalue weighted by Crippen LogP contribution is 2.26. The van der Waals surface area contributed by atoms with Gasteiger partial charge in [0.25, 0.3) is 5.91 Å². The second-order valence-electron chi connectivity index (χ2n) is 8.38. The smallest absolute Gasteiger partial charge is 0.273 e. The lowest BCUT2D eigenvalue weighted by atomic mass is 9.92. The molecule has 6 heteroatoms. The number of hydrogen-bond acceptors (Lipinski definition) is 5. The lowest BCUT2D eigenvalue weighted by molar-refractivity contribution is -0.0615. The Labute approximate surface area is 165 Å². The molecule has 1 aromatic heterocycles. The summed E-state index contributed by atoms with van der Waals surface area (Å²) in [6, 6.07) is 8.01. The molecule has 0 saturated carbocycles. The van der Waals surface area contributed by atoms with Gasteiger partial charge in [0.05, 0.1) is 5.60 Å². The Balaban J connectivity index is 1.32. The number of aromatic nitrogens is 1. The highest BCUT2D eigenvalue weighted by molar-refractivity contribution is 5.92. The molecule has 4 rings (SSSR count).